The number of ether oxygens (including phenoxy) is 2. The third kappa shape index (κ3) is 3.74. The number of hydrogen-bond acceptors (Lipinski definition) is 8. The van der Waals surface area contributed by atoms with E-state index in [1.807, 2.05) is 4.90 Å². The van der Waals surface area contributed by atoms with Crippen molar-refractivity contribution in [3.63, 3.8) is 0 Å². The number of carbonyl (C=O) groups excluding carboxylic acids is 1. The van der Waals surface area contributed by atoms with Crippen molar-refractivity contribution in [2.24, 2.45) is 0 Å². The molecule has 4 aromatic rings. The Kier molecular flexibility index (Phi) is 5.66. The highest BCUT2D eigenvalue weighted by Gasteiger charge is 2.27. The highest BCUT2D eigenvalue weighted by Crippen LogP contribution is 2.32. The summed E-state index contributed by atoms with van der Waals surface area (Å²) < 4.78 is 25.9. The molecule has 1 amide bonds. The number of para-hydroxylation sites is 1. The van der Waals surface area contributed by atoms with Gasteiger partial charge in [-0.1, -0.05) is 17.3 Å². The van der Waals surface area contributed by atoms with Gasteiger partial charge < -0.3 is 19.3 Å². The maximum Gasteiger partial charge on any atom is 0.257 e. The molecule has 174 valence electrons. The molecule has 0 atom stereocenters. The molecule has 0 unspecified atom stereocenters. The summed E-state index contributed by atoms with van der Waals surface area (Å²) in [5.74, 6) is 1.06. The van der Waals surface area contributed by atoms with Gasteiger partial charge in [0.25, 0.3) is 5.91 Å². The first-order valence-corrected chi connectivity index (χ1v) is 10.7. The number of nitrogens with zero attached hydrogens (tertiary/aromatic N) is 7. The van der Waals surface area contributed by atoms with Crippen molar-refractivity contribution in [3.05, 3.63) is 60.2 Å². The number of carbonyl (C=O) groups is 1. The van der Waals surface area contributed by atoms with Crippen LogP contribution in [0.4, 0.5) is 10.2 Å². The lowest BCUT2D eigenvalue weighted by molar-refractivity contribution is 0.0742. The Bertz CT molecular complexity index is 1350. The van der Waals surface area contributed by atoms with Crippen LogP contribution in [0.2, 0.25) is 0 Å². The molecule has 0 saturated carbocycles. The normalized spacial score (nSPS) is 13.9. The van der Waals surface area contributed by atoms with Crippen LogP contribution in [0, 0.1) is 5.82 Å². The molecule has 1 aliphatic rings. The van der Waals surface area contributed by atoms with Crippen molar-refractivity contribution in [2.45, 2.75) is 0 Å². The van der Waals surface area contributed by atoms with Gasteiger partial charge in [0, 0.05) is 26.2 Å². The molecular weight excluding hydrogens is 441 g/mol. The lowest BCUT2D eigenvalue weighted by Gasteiger charge is -2.35. The summed E-state index contributed by atoms with van der Waals surface area (Å²) >= 11 is 0. The summed E-state index contributed by atoms with van der Waals surface area (Å²) in [6.45, 7) is 2.08. The van der Waals surface area contributed by atoms with Crippen molar-refractivity contribution < 1.29 is 18.7 Å². The summed E-state index contributed by atoms with van der Waals surface area (Å²) in [5, 5.41) is 8.42. The van der Waals surface area contributed by atoms with E-state index < -0.39 is 0 Å². The van der Waals surface area contributed by atoms with E-state index in [2.05, 4.69) is 20.3 Å². The molecule has 10 nitrogen and oxygen atoms in total. The predicted octanol–water partition coefficient (Wildman–Crippen LogP) is 2.33. The van der Waals surface area contributed by atoms with Gasteiger partial charge in [-0.2, -0.15) is 4.68 Å². The first kappa shape index (κ1) is 21.6. The van der Waals surface area contributed by atoms with Crippen LogP contribution in [0.25, 0.3) is 16.9 Å². The number of halogens is 1. The molecule has 2 aromatic carbocycles. The number of hydrogen-bond donors (Lipinski definition) is 0. The Labute approximate surface area is 194 Å². The van der Waals surface area contributed by atoms with Crippen LogP contribution in [0.3, 0.4) is 0 Å². The highest BCUT2D eigenvalue weighted by molar-refractivity contribution is 5.98. The third-order valence-electron chi connectivity index (χ3n) is 5.77. The van der Waals surface area contributed by atoms with Crippen LogP contribution < -0.4 is 14.4 Å². The molecule has 1 saturated heterocycles. The van der Waals surface area contributed by atoms with Crippen molar-refractivity contribution in [1.29, 1.82) is 0 Å². The number of aromatic nitrogens is 5. The topological polar surface area (TPSA) is 98.5 Å². The van der Waals surface area contributed by atoms with Gasteiger partial charge in [0.05, 0.1) is 25.5 Å². The lowest BCUT2D eigenvalue weighted by Crippen LogP contribution is -2.49. The first-order chi connectivity index (χ1) is 16.6. The Balaban J connectivity index is 1.36. The fourth-order valence-corrected chi connectivity index (χ4v) is 4.10. The van der Waals surface area contributed by atoms with Crippen LogP contribution in [0.15, 0.2) is 48.8 Å². The van der Waals surface area contributed by atoms with E-state index in [1.165, 1.54) is 37.4 Å². The van der Waals surface area contributed by atoms with Crippen LogP contribution in [0.1, 0.15) is 10.4 Å². The fraction of sp³-hybridized carbons (Fsp3) is 0.261. The zero-order valence-electron chi connectivity index (χ0n) is 18.7. The minimum Gasteiger partial charge on any atom is -0.493 e. The van der Waals surface area contributed by atoms with E-state index >= 15 is 0 Å². The summed E-state index contributed by atoms with van der Waals surface area (Å²) in [7, 11) is 3.06. The number of anilines is 1. The van der Waals surface area contributed by atoms with Gasteiger partial charge in [0.2, 0.25) is 0 Å². The molecule has 0 aliphatic carbocycles. The number of piperazine rings is 1. The smallest absolute Gasteiger partial charge is 0.257 e. The predicted molar refractivity (Wildman–Crippen MR) is 122 cm³/mol. The van der Waals surface area contributed by atoms with E-state index in [0.717, 1.165) is 0 Å². The summed E-state index contributed by atoms with van der Waals surface area (Å²) in [4.78, 5) is 25.7. The molecule has 34 heavy (non-hydrogen) atoms. The standard InChI is InChI=1S/C23H22FN7O3/c1-33-18-8-4-7-17(20(18)34-2)23(32)30-11-9-29(10-12-30)21-19-22(26-14-25-21)31(28-27-19)16-6-3-5-15(24)13-16/h3-8,13-14H,9-12H2,1-2H3. The van der Waals surface area contributed by atoms with E-state index in [0.29, 0.717) is 65.9 Å². The zero-order chi connectivity index (χ0) is 23.7. The quantitative estimate of drug-likeness (QED) is 0.445. The maximum atomic E-state index is 13.7. The Morgan fingerprint density at radius 2 is 1.79 bits per heavy atom. The molecule has 11 heteroatoms. The minimum absolute atomic E-state index is 0.125. The summed E-state index contributed by atoms with van der Waals surface area (Å²) in [5.41, 5.74) is 1.98. The van der Waals surface area contributed by atoms with Crippen molar-refractivity contribution in [3.8, 4) is 17.2 Å². The van der Waals surface area contributed by atoms with Gasteiger partial charge in [0.15, 0.2) is 28.5 Å². The van der Waals surface area contributed by atoms with Gasteiger partial charge in [-0.05, 0) is 30.3 Å². The monoisotopic (exact) mass is 463 g/mol. The van der Waals surface area contributed by atoms with Gasteiger partial charge >= 0.3 is 0 Å². The van der Waals surface area contributed by atoms with Gasteiger partial charge in [-0.15, -0.1) is 5.10 Å². The van der Waals surface area contributed by atoms with E-state index in [9.17, 15) is 9.18 Å². The van der Waals surface area contributed by atoms with E-state index in [1.54, 1.807) is 35.2 Å². The van der Waals surface area contributed by atoms with E-state index in [4.69, 9.17) is 9.47 Å². The average Bonchev–Trinajstić information content (AvgIpc) is 3.32. The number of methoxy groups -OCH3 is 2. The summed E-state index contributed by atoms with van der Waals surface area (Å²) in [6, 6.07) is 11.3. The zero-order valence-corrected chi connectivity index (χ0v) is 18.7. The molecule has 5 rings (SSSR count). The maximum absolute atomic E-state index is 13.7. The SMILES string of the molecule is COc1cccc(C(=O)N2CCN(c3ncnc4c3nnn4-c3cccc(F)c3)CC2)c1OC. The Hall–Kier alpha value is -4.28. The minimum atomic E-state index is -0.371. The fourth-order valence-electron chi connectivity index (χ4n) is 4.10. The second kappa shape index (κ2) is 8.93. The summed E-state index contributed by atoms with van der Waals surface area (Å²) in [6.07, 6.45) is 1.44. The molecule has 3 heterocycles. The number of rotatable bonds is 5. The molecule has 0 spiro atoms. The molecular formula is C23H22FN7O3. The second-order valence-electron chi connectivity index (χ2n) is 7.67. The van der Waals surface area contributed by atoms with Crippen LogP contribution in [0.5, 0.6) is 11.5 Å². The Morgan fingerprint density at radius 3 is 2.53 bits per heavy atom. The van der Waals surface area contributed by atoms with Crippen molar-refractivity contribution in [1.82, 2.24) is 29.9 Å². The number of benzene rings is 2. The van der Waals surface area contributed by atoms with Crippen molar-refractivity contribution in [2.75, 3.05) is 45.3 Å². The van der Waals surface area contributed by atoms with Crippen molar-refractivity contribution >= 4 is 22.9 Å². The molecule has 1 aliphatic heterocycles. The van der Waals surface area contributed by atoms with Gasteiger partial charge in [-0.3, -0.25) is 4.79 Å². The Morgan fingerprint density at radius 1 is 1.00 bits per heavy atom. The molecule has 0 N–H and O–H groups in total. The largest absolute Gasteiger partial charge is 0.493 e. The lowest BCUT2D eigenvalue weighted by atomic mass is 10.1. The third-order valence-corrected chi connectivity index (χ3v) is 5.77. The van der Waals surface area contributed by atoms with Crippen LogP contribution in [-0.4, -0.2) is 76.2 Å². The first-order valence-electron chi connectivity index (χ1n) is 10.7. The molecule has 0 bridgehead atoms. The van der Waals surface area contributed by atoms with Gasteiger partial charge in [-0.25, -0.2) is 14.4 Å². The second-order valence-corrected chi connectivity index (χ2v) is 7.67. The van der Waals surface area contributed by atoms with Crippen LogP contribution >= 0.6 is 0 Å². The molecule has 2 aromatic heterocycles. The number of amides is 1. The highest BCUT2D eigenvalue weighted by atomic mass is 19.1. The van der Waals surface area contributed by atoms with E-state index in [-0.39, 0.29) is 11.7 Å². The molecule has 1 fully saturated rings. The average molecular weight is 463 g/mol. The van der Waals surface area contributed by atoms with Crippen LogP contribution in [-0.2, 0) is 0 Å². The van der Waals surface area contributed by atoms with Gasteiger partial charge in [0.1, 0.15) is 12.1 Å². The molecule has 0 radical (unpaired) electrons. The number of fused-ring (bicyclic) bond motifs is 1.